The number of rotatable bonds is 21. The molecule has 0 aromatic rings. The third-order valence-corrected chi connectivity index (χ3v) is 7.65. The van der Waals surface area contributed by atoms with Crippen molar-refractivity contribution in [1.29, 1.82) is 0 Å². The Morgan fingerprint density at radius 1 is 0.480 bits per heavy atom. The largest absolute Gasteiger partial charge is 0.0986 e. The maximum Gasteiger partial charge on any atom is -0.0291 e. The summed E-state index contributed by atoms with van der Waals surface area (Å²) in [6.45, 7) is 8.70. The minimum absolute atomic E-state index is 0.140. The molecule has 0 aliphatic heterocycles. The van der Waals surface area contributed by atoms with Crippen molar-refractivity contribution in [3.63, 3.8) is 0 Å². The summed E-state index contributed by atoms with van der Waals surface area (Å²) >= 11 is 0. The first-order valence-corrected chi connectivity index (χ1v) is 13.5. The molecule has 0 heterocycles. The number of hydrogen-bond donors (Lipinski definition) is 0. The molecule has 0 amide bonds. The van der Waals surface area contributed by atoms with Crippen LogP contribution in [0.2, 0.25) is 0 Å². The second kappa shape index (κ2) is 22.2. The Bertz CT molecular complexity index is 226. The van der Waals surface area contributed by atoms with Gasteiger partial charge in [0.05, 0.1) is 0 Å². The molecule has 0 rings (SSSR count). The van der Waals surface area contributed by atoms with Crippen LogP contribution in [-0.4, -0.2) is 12.3 Å². The lowest BCUT2D eigenvalue weighted by Crippen LogP contribution is -1.90. The summed E-state index contributed by atoms with van der Waals surface area (Å²) in [5, 5.41) is 0. The summed E-state index contributed by atoms with van der Waals surface area (Å²) in [6, 6.07) is 0. The third-order valence-electron chi connectivity index (χ3n) is 5.36. The van der Waals surface area contributed by atoms with Crippen molar-refractivity contribution in [2.75, 3.05) is 12.3 Å². The molecule has 150 valence electrons. The monoisotopic (exact) mass is 368 g/mol. The van der Waals surface area contributed by atoms with E-state index in [1.807, 2.05) is 0 Å². The number of unbranched alkanes of at least 4 members (excludes halogenated alkanes) is 16. The lowest BCUT2D eigenvalue weighted by molar-refractivity contribution is 0.571. The van der Waals surface area contributed by atoms with Gasteiger partial charge in [-0.05, 0) is 25.2 Å². The predicted octanol–water partition coefficient (Wildman–Crippen LogP) is 9.67. The molecule has 0 unspecified atom stereocenters. The Labute approximate surface area is 162 Å². The molecular formula is C24H49P. The van der Waals surface area contributed by atoms with Gasteiger partial charge in [0.15, 0.2) is 0 Å². The van der Waals surface area contributed by atoms with Crippen LogP contribution in [0.4, 0.5) is 0 Å². The van der Waals surface area contributed by atoms with E-state index in [2.05, 4.69) is 26.2 Å². The third kappa shape index (κ3) is 20.3. The van der Waals surface area contributed by atoms with Gasteiger partial charge in [-0.3, -0.25) is 0 Å². The summed E-state index contributed by atoms with van der Waals surface area (Å²) in [7, 11) is 0.140. The van der Waals surface area contributed by atoms with E-state index >= 15 is 0 Å². The molecule has 0 aliphatic carbocycles. The molecule has 25 heavy (non-hydrogen) atoms. The van der Waals surface area contributed by atoms with E-state index in [-0.39, 0.29) is 7.92 Å². The van der Waals surface area contributed by atoms with Crippen molar-refractivity contribution in [2.24, 2.45) is 0 Å². The molecule has 1 heteroatoms. The van der Waals surface area contributed by atoms with Crippen LogP contribution in [0.5, 0.6) is 0 Å². The van der Waals surface area contributed by atoms with Gasteiger partial charge < -0.3 is 0 Å². The molecule has 0 bridgehead atoms. The highest BCUT2D eigenvalue weighted by molar-refractivity contribution is 7.60. The van der Waals surface area contributed by atoms with Crippen LogP contribution in [0.15, 0.2) is 12.4 Å². The van der Waals surface area contributed by atoms with Crippen LogP contribution in [0.1, 0.15) is 129 Å². The van der Waals surface area contributed by atoms with Gasteiger partial charge >= 0.3 is 0 Å². The summed E-state index contributed by atoms with van der Waals surface area (Å²) in [5.74, 6) is 2.30. The Hall–Kier alpha value is 0.170. The summed E-state index contributed by atoms with van der Waals surface area (Å²) in [6.07, 6.45) is 28.9. The van der Waals surface area contributed by atoms with Crippen molar-refractivity contribution < 1.29 is 0 Å². The van der Waals surface area contributed by atoms with E-state index in [4.69, 9.17) is 0 Å². The molecular weight excluding hydrogens is 319 g/mol. The number of hydrogen-bond acceptors (Lipinski definition) is 0. The summed E-state index contributed by atoms with van der Waals surface area (Å²) in [4.78, 5) is 0. The quantitative estimate of drug-likeness (QED) is 0.140. The molecule has 0 nitrogen and oxygen atoms in total. The van der Waals surface area contributed by atoms with Crippen LogP contribution < -0.4 is 0 Å². The van der Waals surface area contributed by atoms with Crippen molar-refractivity contribution >= 4 is 7.92 Å². The second-order valence-electron chi connectivity index (χ2n) is 7.88. The van der Waals surface area contributed by atoms with Crippen LogP contribution in [0.25, 0.3) is 0 Å². The van der Waals surface area contributed by atoms with Crippen LogP contribution in [-0.2, 0) is 0 Å². The van der Waals surface area contributed by atoms with Crippen molar-refractivity contribution in [3.8, 4) is 0 Å². The maximum absolute atomic E-state index is 4.10. The van der Waals surface area contributed by atoms with Crippen LogP contribution in [0, 0.1) is 0 Å². The zero-order valence-electron chi connectivity index (χ0n) is 17.9. The van der Waals surface area contributed by atoms with Crippen LogP contribution >= 0.6 is 7.92 Å². The highest BCUT2D eigenvalue weighted by Gasteiger charge is 2.03. The van der Waals surface area contributed by atoms with E-state index in [0.717, 1.165) is 0 Å². The van der Waals surface area contributed by atoms with Gasteiger partial charge in [-0.25, -0.2) is 0 Å². The van der Waals surface area contributed by atoms with Crippen molar-refractivity contribution in [1.82, 2.24) is 0 Å². The van der Waals surface area contributed by atoms with E-state index in [1.165, 1.54) is 128 Å². The second-order valence-corrected chi connectivity index (χ2v) is 10.3. The zero-order valence-corrected chi connectivity index (χ0v) is 18.8. The first kappa shape index (κ1) is 25.2. The molecule has 0 spiro atoms. The molecule has 0 fully saturated rings. The smallest absolute Gasteiger partial charge is 0.0291 e. The van der Waals surface area contributed by atoms with Crippen molar-refractivity contribution in [2.45, 2.75) is 129 Å². The summed E-state index contributed by atoms with van der Waals surface area (Å²) < 4.78 is 0. The molecule has 0 saturated heterocycles. The topological polar surface area (TPSA) is 0 Å². The van der Waals surface area contributed by atoms with E-state index in [1.54, 1.807) is 0 Å². The van der Waals surface area contributed by atoms with Gasteiger partial charge in [0.1, 0.15) is 0 Å². The minimum atomic E-state index is 0.140. The Kier molecular flexibility index (Phi) is 22.4. The average molecular weight is 369 g/mol. The zero-order chi connectivity index (χ0) is 18.4. The van der Waals surface area contributed by atoms with Gasteiger partial charge in [-0.15, -0.1) is 0 Å². The van der Waals surface area contributed by atoms with Crippen LogP contribution in [0.3, 0.4) is 0 Å². The molecule has 0 aliphatic rings. The highest BCUT2D eigenvalue weighted by atomic mass is 31.1. The Morgan fingerprint density at radius 3 is 1.04 bits per heavy atom. The van der Waals surface area contributed by atoms with Gasteiger partial charge in [0.25, 0.3) is 0 Å². The van der Waals surface area contributed by atoms with Gasteiger partial charge in [-0.2, -0.15) is 0 Å². The Morgan fingerprint density at radius 2 is 0.760 bits per heavy atom. The fourth-order valence-corrected chi connectivity index (χ4v) is 5.39. The molecule has 0 radical (unpaired) electrons. The first-order chi connectivity index (χ1) is 12.3. The molecule has 0 saturated carbocycles. The van der Waals surface area contributed by atoms with E-state index in [9.17, 15) is 0 Å². The normalized spacial score (nSPS) is 11.3. The molecule has 0 N–H and O–H groups in total. The van der Waals surface area contributed by atoms with E-state index < -0.39 is 0 Å². The SMILES string of the molecule is C=CP(CCCCCCCCCCC)CCCCCCCCCCC. The molecule has 0 atom stereocenters. The standard InChI is InChI=1S/C24H49P/c1-4-7-9-11-13-15-17-19-21-23-25(6-3)24-22-20-18-16-14-12-10-8-5-2/h6H,3-5,7-24H2,1-2H3. The Balaban J connectivity index is 3.30. The van der Waals surface area contributed by atoms with Crippen molar-refractivity contribution in [3.05, 3.63) is 12.4 Å². The lowest BCUT2D eigenvalue weighted by atomic mass is 10.1. The van der Waals surface area contributed by atoms with Gasteiger partial charge in [0.2, 0.25) is 0 Å². The van der Waals surface area contributed by atoms with Gasteiger partial charge in [0, 0.05) is 0 Å². The lowest BCUT2D eigenvalue weighted by Gasteiger charge is -2.13. The average Bonchev–Trinajstić information content (AvgIpc) is 2.63. The first-order valence-electron chi connectivity index (χ1n) is 11.7. The van der Waals surface area contributed by atoms with E-state index in [0.29, 0.717) is 0 Å². The fraction of sp³-hybridized carbons (Fsp3) is 0.917. The summed E-state index contributed by atoms with van der Waals surface area (Å²) in [5.41, 5.74) is 0. The fourth-order valence-electron chi connectivity index (χ4n) is 3.55. The molecule has 0 aromatic carbocycles. The predicted molar refractivity (Wildman–Crippen MR) is 121 cm³/mol. The highest BCUT2D eigenvalue weighted by Crippen LogP contribution is 2.39. The molecule has 0 aromatic heterocycles. The minimum Gasteiger partial charge on any atom is -0.0986 e. The maximum atomic E-state index is 4.10. The van der Waals surface area contributed by atoms with Gasteiger partial charge in [-0.1, -0.05) is 137 Å².